The van der Waals surface area contributed by atoms with Gasteiger partial charge in [0.2, 0.25) is 0 Å². The first-order valence-corrected chi connectivity index (χ1v) is 7.07. The zero-order valence-corrected chi connectivity index (χ0v) is 12.2. The zero-order chi connectivity index (χ0) is 15.4. The Morgan fingerprint density at radius 3 is 2.91 bits per heavy atom. The van der Waals surface area contributed by atoms with Crippen molar-refractivity contribution in [2.75, 3.05) is 6.61 Å². The third kappa shape index (κ3) is 2.72. The highest BCUT2D eigenvalue weighted by atomic mass is 16.5. The fourth-order valence-corrected chi connectivity index (χ4v) is 2.39. The summed E-state index contributed by atoms with van der Waals surface area (Å²) in [5.74, 6) is 4.12. The van der Waals surface area contributed by atoms with Crippen molar-refractivity contribution in [3.63, 3.8) is 0 Å². The summed E-state index contributed by atoms with van der Waals surface area (Å²) in [5, 5.41) is 0. The zero-order valence-electron chi connectivity index (χ0n) is 12.2. The van der Waals surface area contributed by atoms with E-state index in [2.05, 4.69) is 28.5 Å². The smallest absolute Gasteiger partial charge is 0.148 e. The molecule has 2 aromatic carbocycles. The second kappa shape index (κ2) is 6.19. The van der Waals surface area contributed by atoms with E-state index in [4.69, 9.17) is 11.2 Å². The molecule has 0 aliphatic heterocycles. The van der Waals surface area contributed by atoms with Crippen LogP contribution in [0.1, 0.15) is 5.56 Å². The minimum Gasteiger partial charge on any atom is -0.481 e. The highest BCUT2D eigenvalue weighted by Crippen LogP contribution is 2.27. The van der Waals surface area contributed by atoms with Crippen LogP contribution in [0, 0.1) is 12.3 Å². The van der Waals surface area contributed by atoms with Gasteiger partial charge >= 0.3 is 0 Å². The summed E-state index contributed by atoms with van der Waals surface area (Å²) < 4.78 is 5.57. The Balaban J connectivity index is 2.01. The van der Waals surface area contributed by atoms with Crippen molar-refractivity contribution < 1.29 is 4.74 Å². The van der Waals surface area contributed by atoms with Gasteiger partial charge in [-0.15, -0.1) is 13.0 Å². The number of aromatic nitrogens is 2. The average molecular weight is 288 g/mol. The molecular weight excluding hydrogens is 272 g/mol. The number of rotatable bonds is 5. The molecule has 0 unspecified atom stereocenters. The number of allylic oxidation sites excluding steroid dienone is 1. The molecule has 1 heterocycles. The lowest BCUT2D eigenvalue weighted by Crippen LogP contribution is -1.98. The summed E-state index contributed by atoms with van der Waals surface area (Å²) in [6, 6.07) is 13.9. The Bertz CT molecular complexity index is 822. The lowest BCUT2D eigenvalue weighted by atomic mass is 10.1. The first-order valence-electron chi connectivity index (χ1n) is 7.07. The minimum absolute atomic E-state index is 0.258. The maximum atomic E-state index is 5.57. The predicted octanol–water partition coefficient (Wildman–Crippen LogP) is 3.97. The first-order chi connectivity index (χ1) is 10.8. The molecule has 3 aromatic rings. The number of H-pyrrole nitrogens is 1. The number of hydrogen-bond acceptors (Lipinski definition) is 2. The van der Waals surface area contributed by atoms with Crippen molar-refractivity contribution in [3.05, 3.63) is 60.7 Å². The van der Waals surface area contributed by atoms with E-state index in [1.807, 2.05) is 42.5 Å². The van der Waals surface area contributed by atoms with Gasteiger partial charge in [-0.1, -0.05) is 24.1 Å². The Hall–Kier alpha value is -2.99. The van der Waals surface area contributed by atoms with Crippen molar-refractivity contribution in [3.8, 4) is 29.5 Å². The number of nitrogens with zero attached hydrogens (tertiary/aromatic N) is 1. The van der Waals surface area contributed by atoms with Gasteiger partial charge in [-0.2, -0.15) is 0 Å². The van der Waals surface area contributed by atoms with Crippen LogP contribution in [0.25, 0.3) is 22.4 Å². The maximum Gasteiger partial charge on any atom is 0.148 e. The maximum absolute atomic E-state index is 5.57. The topological polar surface area (TPSA) is 37.9 Å². The Labute approximate surface area is 129 Å². The van der Waals surface area contributed by atoms with Crippen molar-refractivity contribution in [1.29, 1.82) is 0 Å². The van der Waals surface area contributed by atoms with Crippen LogP contribution in [-0.4, -0.2) is 16.6 Å². The van der Waals surface area contributed by atoms with Gasteiger partial charge in [0.15, 0.2) is 0 Å². The van der Waals surface area contributed by atoms with E-state index in [0.717, 1.165) is 33.7 Å². The number of para-hydroxylation sites is 2. The fourth-order valence-electron chi connectivity index (χ4n) is 2.39. The van der Waals surface area contributed by atoms with E-state index < -0.39 is 0 Å². The quantitative estimate of drug-likeness (QED) is 0.570. The number of hydrogen-bond donors (Lipinski definition) is 1. The molecule has 3 nitrogen and oxygen atoms in total. The molecule has 1 N–H and O–H groups in total. The van der Waals surface area contributed by atoms with Crippen molar-refractivity contribution in [2.24, 2.45) is 0 Å². The number of fused-ring (bicyclic) bond motifs is 1. The molecule has 0 fully saturated rings. The summed E-state index contributed by atoms with van der Waals surface area (Å²) in [6.45, 7) is 4.05. The van der Waals surface area contributed by atoms with E-state index in [1.165, 1.54) is 0 Å². The fraction of sp³-hybridized carbons (Fsp3) is 0.105. The van der Waals surface area contributed by atoms with Gasteiger partial charge < -0.3 is 9.72 Å². The molecule has 1 aromatic heterocycles. The molecule has 0 aliphatic rings. The number of imidazole rings is 1. The van der Waals surface area contributed by atoms with Crippen LogP contribution in [-0.2, 0) is 6.42 Å². The van der Waals surface area contributed by atoms with E-state index in [-0.39, 0.29) is 6.61 Å². The first kappa shape index (κ1) is 14.0. The number of terminal acetylenes is 1. The molecule has 3 rings (SSSR count). The predicted molar refractivity (Wildman–Crippen MR) is 89.8 cm³/mol. The van der Waals surface area contributed by atoms with Crippen LogP contribution in [0.15, 0.2) is 55.1 Å². The monoisotopic (exact) mass is 288 g/mol. The van der Waals surface area contributed by atoms with Gasteiger partial charge in [-0.3, -0.25) is 0 Å². The second-order valence-electron chi connectivity index (χ2n) is 4.91. The Morgan fingerprint density at radius 2 is 2.14 bits per heavy atom. The van der Waals surface area contributed by atoms with Gasteiger partial charge in [-0.25, -0.2) is 4.98 Å². The van der Waals surface area contributed by atoms with Crippen LogP contribution in [0.3, 0.4) is 0 Å². The SMILES string of the molecule is C#CCOc1ccc(-c2nc3ccccc3[nH]2)cc1CC=C. The van der Waals surface area contributed by atoms with Crippen LogP contribution in [0.4, 0.5) is 0 Å². The molecule has 0 saturated heterocycles. The number of aromatic amines is 1. The largest absolute Gasteiger partial charge is 0.481 e. The van der Waals surface area contributed by atoms with Crippen LogP contribution in [0.2, 0.25) is 0 Å². The second-order valence-corrected chi connectivity index (χ2v) is 4.91. The van der Waals surface area contributed by atoms with Crippen LogP contribution >= 0.6 is 0 Å². The normalized spacial score (nSPS) is 10.3. The molecule has 108 valence electrons. The van der Waals surface area contributed by atoms with Gasteiger partial charge in [0.05, 0.1) is 11.0 Å². The molecule has 0 bridgehead atoms. The molecule has 3 heteroatoms. The van der Waals surface area contributed by atoms with Gasteiger partial charge in [0.1, 0.15) is 18.2 Å². The lowest BCUT2D eigenvalue weighted by Gasteiger charge is -2.09. The van der Waals surface area contributed by atoms with Gasteiger partial charge in [0, 0.05) is 5.56 Å². The minimum atomic E-state index is 0.258. The molecule has 0 atom stereocenters. The highest BCUT2D eigenvalue weighted by Gasteiger charge is 2.09. The van der Waals surface area contributed by atoms with E-state index in [0.29, 0.717) is 6.42 Å². The average Bonchev–Trinajstić information content (AvgIpc) is 2.98. The summed E-state index contributed by atoms with van der Waals surface area (Å²) in [7, 11) is 0. The van der Waals surface area contributed by atoms with Crippen molar-refractivity contribution in [2.45, 2.75) is 6.42 Å². The molecule has 0 saturated carbocycles. The highest BCUT2D eigenvalue weighted by molar-refractivity contribution is 5.79. The van der Waals surface area contributed by atoms with Crippen LogP contribution in [0.5, 0.6) is 5.75 Å². The number of nitrogens with one attached hydrogen (secondary N) is 1. The van der Waals surface area contributed by atoms with E-state index in [1.54, 1.807) is 0 Å². The molecule has 0 radical (unpaired) electrons. The van der Waals surface area contributed by atoms with E-state index >= 15 is 0 Å². The molecule has 0 spiro atoms. The Morgan fingerprint density at radius 1 is 1.27 bits per heavy atom. The van der Waals surface area contributed by atoms with Gasteiger partial charge in [0.25, 0.3) is 0 Å². The molecule has 0 amide bonds. The molecule has 22 heavy (non-hydrogen) atoms. The summed E-state index contributed by atoms with van der Waals surface area (Å²) >= 11 is 0. The summed E-state index contributed by atoms with van der Waals surface area (Å²) in [4.78, 5) is 7.96. The van der Waals surface area contributed by atoms with Gasteiger partial charge in [-0.05, 0) is 42.3 Å². The number of ether oxygens (including phenoxy) is 1. The van der Waals surface area contributed by atoms with Crippen LogP contribution < -0.4 is 4.74 Å². The lowest BCUT2D eigenvalue weighted by molar-refractivity contribution is 0.367. The van der Waals surface area contributed by atoms with Crippen molar-refractivity contribution >= 4 is 11.0 Å². The van der Waals surface area contributed by atoms with E-state index in [9.17, 15) is 0 Å². The Kier molecular flexibility index (Phi) is 3.93. The summed E-state index contributed by atoms with van der Waals surface area (Å²) in [6.07, 6.45) is 7.82. The molecule has 0 aliphatic carbocycles. The third-order valence-corrected chi connectivity index (χ3v) is 3.40. The standard InChI is InChI=1S/C19H16N2O/c1-3-7-14-13-15(10-11-18(14)22-12-4-2)19-20-16-8-5-6-9-17(16)21-19/h2-3,5-6,8-11,13H,1,7,12H2,(H,20,21). The third-order valence-electron chi connectivity index (χ3n) is 3.40. The van der Waals surface area contributed by atoms with Crippen molar-refractivity contribution in [1.82, 2.24) is 9.97 Å². The summed E-state index contributed by atoms with van der Waals surface area (Å²) in [5.41, 5.74) is 4.04. The number of benzene rings is 2. The molecular formula is C19H16N2O.